The number of benzene rings is 1. The van der Waals surface area contributed by atoms with Gasteiger partial charge in [0.15, 0.2) is 3.92 Å². The summed E-state index contributed by atoms with van der Waals surface area (Å²) in [5, 5.41) is 0. The molecule has 0 aliphatic heterocycles. The van der Waals surface area contributed by atoms with Crippen LogP contribution in [-0.4, -0.2) is 19.2 Å². The van der Waals surface area contributed by atoms with Crippen LogP contribution in [-0.2, 0) is 0 Å². The normalized spacial score (nSPS) is 10.4. The number of rotatable bonds is 3. The third-order valence-corrected chi connectivity index (χ3v) is 3.86. The lowest BCUT2D eigenvalue weighted by Crippen LogP contribution is -1.93. The molecule has 90 valence electrons. The Kier molecular flexibility index (Phi) is 3.69. The van der Waals surface area contributed by atoms with Crippen molar-refractivity contribution in [3.63, 3.8) is 0 Å². The summed E-state index contributed by atoms with van der Waals surface area (Å²) in [5.41, 5.74) is 1.80. The monoisotopic (exact) mass is 313 g/mol. The number of thiazole rings is 1. The minimum absolute atomic E-state index is 0.769. The molecule has 0 fully saturated rings. The molecule has 5 heteroatoms. The van der Waals surface area contributed by atoms with Crippen LogP contribution in [0.4, 0.5) is 0 Å². The highest BCUT2D eigenvalue weighted by Gasteiger charge is 2.17. The molecule has 1 aromatic heterocycles. The van der Waals surface area contributed by atoms with Gasteiger partial charge in [-0.05, 0) is 35.0 Å². The minimum Gasteiger partial charge on any atom is -0.496 e. The summed E-state index contributed by atoms with van der Waals surface area (Å²) in [4.78, 5) is 5.60. The molecule has 0 amide bonds. The van der Waals surface area contributed by atoms with E-state index >= 15 is 0 Å². The smallest absolute Gasteiger partial charge is 0.160 e. The molecule has 17 heavy (non-hydrogen) atoms. The Bertz CT molecular complexity index is 517. The molecule has 0 radical (unpaired) electrons. The third kappa shape index (κ3) is 2.30. The molecule has 0 saturated carbocycles. The quantitative estimate of drug-likeness (QED) is 0.861. The molecule has 2 rings (SSSR count). The lowest BCUT2D eigenvalue weighted by molar-refractivity contribution is 0.397. The number of halogens is 1. The Morgan fingerprint density at radius 3 is 2.18 bits per heavy atom. The van der Waals surface area contributed by atoms with E-state index < -0.39 is 0 Å². The summed E-state index contributed by atoms with van der Waals surface area (Å²) in [5.74, 6) is 1.54. The lowest BCUT2D eigenvalue weighted by Gasteiger charge is -2.11. The van der Waals surface area contributed by atoms with Crippen molar-refractivity contribution in [3.8, 4) is 22.8 Å². The summed E-state index contributed by atoms with van der Waals surface area (Å²) in [6, 6.07) is 5.72. The lowest BCUT2D eigenvalue weighted by atomic mass is 10.1. The van der Waals surface area contributed by atoms with Gasteiger partial charge in [0, 0.05) is 4.88 Å². The highest BCUT2D eigenvalue weighted by Crippen LogP contribution is 2.41. The first-order chi connectivity index (χ1) is 8.17. The van der Waals surface area contributed by atoms with E-state index in [0.29, 0.717) is 0 Å². The predicted octanol–water partition coefficient (Wildman–Crippen LogP) is 3.90. The van der Waals surface area contributed by atoms with Crippen molar-refractivity contribution < 1.29 is 9.47 Å². The Labute approximate surface area is 113 Å². The van der Waals surface area contributed by atoms with Crippen LogP contribution >= 0.6 is 27.3 Å². The van der Waals surface area contributed by atoms with Gasteiger partial charge in [0.25, 0.3) is 0 Å². The van der Waals surface area contributed by atoms with E-state index in [2.05, 4.69) is 20.9 Å². The van der Waals surface area contributed by atoms with Crippen molar-refractivity contribution in [2.75, 3.05) is 14.2 Å². The van der Waals surface area contributed by atoms with Gasteiger partial charge in [0.05, 0.1) is 25.5 Å². The van der Waals surface area contributed by atoms with E-state index in [0.717, 1.165) is 31.6 Å². The van der Waals surface area contributed by atoms with E-state index in [1.807, 2.05) is 25.1 Å². The highest BCUT2D eigenvalue weighted by molar-refractivity contribution is 9.11. The van der Waals surface area contributed by atoms with Crippen LogP contribution in [0.5, 0.6) is 11.5 Å². The first-order valence-electron chi connectivity index (χ1n) is 5.01. The van der Waals surface area contributed by atoms with Gasteiger partial charge in [-0.15, -0.1) is 11.3 Å². The fourth-order valence-electron chi connectivity index (χ4n) is 1.68. The first-order valence-corrected chi connectivity index (χ1v) is 6.62. The highest BCUT2D eigenvalue weighted by atomic mass is 79.9. The van der Waals surface area contributed by atoms with Crippen LogP contribution in [0.25, 0.3) is 11.3 Å². The second kappa shape index (κ2) is 5.06. The van der Waals surface area contributed by atoms with Crippen molar-refractivity contribution in [2.45, 2.75) is 6.92 Å². The fourth-order valence-corrected chi connectivity index (χ4v) is 3.22. The topological polar surface area (TPSA) is 31.4 Å². The molecule has 0 aliphatic rings. The Balaban J connectivity index is 2.68. The van der Waals surface area contributed by atoms with Crippen LogP contribution in [0.3, 0.4) is 0 Å². The van der Waals surface area contributed by atoms with Crippen LogP contribution < -0.4 is 9.47 Å². The van der Waals surface area contributed by atoms with E-state index in [1.54, 1.807) is 25.6 Å². The number of hydrogen-bond acceptors (Lipinski definition) is 4. The SMILES string of the molecule is COc1cccc(OC)c1-c1nc(Br)sc1C. The molecule has 0 bridgehead atoms. The molecule has 0 unspecified atom stereocenters. The van der Waals surface area contributed by atoms with Gasteiger partial charge in [0.2, 0.25) is 0 Å². The summed E-state index contributed by atoms with van der Waals surface area (Å²) < 4.78 is 11.6. The molecule has 0 saturated heterocycles. The third-order valence-electron chi connectivity index (χ3n) is 2.44. The number of nitrogens with zero attached hydrogens (tertiary/aromatic N) is 1. The molecule has 3 nitrogen and oxygen atoms in total. The van der Waals surface area contributed by atoms with Gasteiger partial charge in [-0.3, -0.25) is 0 Å². The number of aryl methyl sites for hydroxylation is 1. The van der Waals surface area contributed by atoms with Gasteiger partial charge >= 0.3 is 0 Å². The fraction of sp³-hybridized carbons (Fsp3) is 0.250. The van der Waals surface area contributed by atoms with Gasteiger partial charge in [-0.1, -0.05) is 6.07 Å². The maximum Gasteiger partial charge on any atom is 0.160 e. The van der Waals surface area contributed by atoms with Crippen molar-refractivity contribution in [2.24, 2.45) is 0 Å². The molecule has 1 aromatic carbocycles. The van der Waals surface area contributed by atoms with Crippen molar-refractivity contribution in [1.82, 2.24) is 4.98 Å². The summed E-state index contributed by atoms with van der Waals surface area (Å²) in [7, 11) is 3.30. The predicted molar refractivity (Wildman–Crippen MR) is 73.1 cm³/mol. The number of hydrogen-bond donors (Lipinski definition) is 0. The first kappa shape index (κ1) is 12.4. The Morgan fingerprint density at radius 1 is 1.18 bits per heavy atom. The van der Waals surface area contributed by atoms with Gasteiger partial charge in [0.1, 0.15) is 11.5 Å². The van der Waals surface area contributed by atoms with Crippen LogP contribution in [0.1, 0.15) is 4.88 Å². The summed E-state index contributed by atoms with van der Waals surface area (Å²) in [6.45, 7) is 2.03. The maximum atomic E-state index is 5.38. The second-order valence-corrected chi connectivity index (χ2v) is 5.89. The zero-order valence-corrected chi connectivity index (χ0v) is 12.2. The maximum absolute atomic E-state index is 5.38. The van der Waals surface area contributed by atoms with E-state index in [9.17, 15) is 0 Å². The van der Waals surface area contributed by atoms with Gasteiger partial charge in [-0.2, -0.15) is 0 Å². The molecule has 0 aliphatic carbocycles. The minimum atomic E-state index is 0.769. The molecule has 0 spiro atoms. The summed E-state index contributed by atoms with van der Waals surface area (Å²) in [6.07, 6.45) is 0. The van der Waals surface area contributed by atoms with Crippen molar-refractivity contribution >= 4 is 27.3 Å². The molecule has 1 heterocycles. The average molecular weight is 314 g/mol. The number of aromatic nitrogens is 1. The zero-order valence-electron chi connectivity index (χ0n) is 9.78. The summed E-state index contributed by atoms with van der Waals surface area (Å²) >= 11 is 5.00. The van der Waals surface area contributed by atoms with E-state index in [1.165, 1.54) is 0 Å². The molecular formula is C12H12BrNO2S. The standard InChI is InChI=1S/C12H12BrNO2S/c1-7-11(14-12(13)17-7)10-8(15-2)5-4-6-9(10)16-3/h4-6H,1-3H3. The number of methoxy groups -OCH3 is 2. The van der Waals surface area contributed by atoms with Crippen LogP contribution in [0.15, 0.2) is 22.1 Å². The average Bonchev–Trinajstić information content (AvgIpc) is 2.67. The molecule has 0 atom stereocenters. The molecule has 2 aromatic rings. The zero-order chi connectivity index (χ0) is 12.4. The van der Waals surface area contributed by atoms with Gasteiger partial charge in [-0.25, -0.2) is 4.98 Å². The Morgan fingerprint density at radius 2 is 1.76 bits per heavy atom. The van der Waals surface area contributed by atoms with E-state index in [-0.39, 0.29) is 0 Å². The molecule has 0 N–H and O–H groups in total. The largest absolute Gasteiger partial charge is 0.496 e. The number of ether oxygens (including phenoxy) is 2. The van der Waals surface area contributed by atoms with Crippen LogP contribution in [0, 0.1) is 6.92 Å². The van der Waals surface area contributed by atoms with Crippen molar-refractivity contribution in [3.05, 3.63) is 27.0 Å². The van der Waals surface area contributed by atoms with E-state index in [4.69, 9.17) is 9.47 Å². The molecular weight excluding hydrogens is 302 g/mol. The Hall–Kier alpha value is -1.07. The van der Waals surface area contributed by atoms with Gasteiger partial charge < -0.3 is 9.47 Å². The van der Waals surface area contributed by atoms with Crippen LogP contribution in [0.2, 0.25) is 0 Å². The second-order valence-electron chi connectivity index (χ2n) is 3.41. The van der Waals surface area contributed by atoms with Crippen molar-refractivity contribution in [1.29, 1.82) is 0 Å².